The van der Waals surface area contributed by atoms with Crippen LogP contribution in [0.1, 0.15) is 49.5 Å². The third kappa shape index (κ3) is 5.24. The number of likely N-dealkylation sites (tertiary alicyclic amines) is 1. The van der Waals surface area contributed by atoms with Gasteiger partial charge in [0.25, 0.3) is 5.91 Å². The maximum atomic E-state index is 13.4. The summed E-state index contributed by atoms with van der Waals surface area (Å²) in [5, 5.41) is 2.94. The zero-order valence-electron chi connectivity index (χ0n) is 20.5. The Hall–Kier alpha value is -3.35. The monoisotopic (exact) mass is 465 g/mol. The van der Waals surface area contributed by atoms with Gasteiger partial charge in [0, 0.05) is 24.4 Å². The van der Waals surface area contributed by atoms with E-state index < -0.39 is 11.6 Å². The Bertz CT molecular complexity index is 1000. The van der Waals surface area contributed by atoms with Crippen molar-refractivity contribution in [3.05, 3.63) is 72.0 Å². The lowest BCUT2D eigenvalue weighted by atomic mass is 9.86. The first kappa shape index (κ1) is 25.3. The molecule has 3 amide bonds. The highest BCUT2D eigenvalue weighted by molar-refractivity contribution is 5.97. The second kappa shape index (κ2) is 10.7. The number of aryl methyl sites for hydroxylation is 1. The van der Waals surface area contributed by atoms with Gasteiger partial charge >= 0.3 is 6.09 Å². The third-order valence-corrected chi connectivity index (χ3v) is 6.51. The molecule has 182 valence electrons. The summed E-state index contributed by atoms with van der Waals surface area (Å²) in [5.41, 5.74) is 1.76. The van der Waals surface area contributed by atoms with E-state index in [2.05, 4.69) is 11.9 Å². The Labute approximate surface area is 202 Å². The summed E-state index contributed by atoms with van der Waals surface area (Å²) in [4.78, 5) is 42.3. The van der Waals surface area contributed by atoms with Gasteiger partial charge in [-0.1, -0.05) is 50.3 Å². The first-order valence-corrected chi connectivity index (χ1v) is 11.8. The number of amides is 3. The van der Waals surface area contributed by atoms with Crippen molar-refractivity contribution >= 4 is 17.9 Å². The summed E-state index contributed by atoms with van der Waals surface area (Å²) in [7, 11) is 0. The van der Waals surface area contributed by atoms with Crippen molar-refractivity contribution < 1.29 is 19.1 Å². The highest BCUT2D eigenvalue weighted by Gasteiger charge is 2.51. The van der Waals surface area contributed by atoms with Crippen molar-refractivity contribution in [2.24, 2.45) is 5.92 Å². The van der Waals surface area contributed by atoms with Gasteiger partial charge in [0.05, 0.1) is 5.54 Å². The largest absolute Gasteiger partial charge is 0.447 e. The fraction of sp³-hybridized carbons (Fsp3) is 0.444. The predicted octanol–water partition coefficient (Wildman–Crippen LogP) is 4.21. The maximum Gasteiger partial charge on any atom is 0.415 e. The van der Waals surface area contributed by atoms with E-state index in [1.165, 1.54) is 0 Å². The Kier molecular flexibility index (Phi) is 7.97. The van der Waals surface area contributed by atoms with Gasteiger partial charge in [-0.15, -0.1) is 0 Å². The average molecular weight is 466 g/mol. The van der Waals surface area contributed by atoms with Crippen molar-refractivity contribution in [1.29, 1.82) is 0 Å². The second-order valence-corrected chi connectivity index (χ2v) is 9.33. The first-order chi connectivity index (χ1) is 16.2. The molecule has 2 fully saturated rings. The van der Waals surface area contributed by atoms with E-state index in [4.69, 9.17) is 4.74 Å². The molecular weight excluding hydrogens is 430 g/mol. The molecule has 0 bridgehead atoms. The van der Waals surface area contributed by atoms with E-state index in [1.807, 2.05) is 58.0 Å². The number of benzene rings is 1. The van der Waals surface area contributed by atoms with Crippen LogP contribution in [0.5, 0.6) is 0 Å². The number of carbonyl (C=O) groups is 3. The molecule has 2 aliphatic heterocycles. The number of allylic oxidation sites excluding steroid dienone is 4. The zero-order valence-corrected chi connectivity index (χ0v) is 20.5. The minimum atomic E-state index is -0.626. The van der Waals surface area contributed by atoms with Crippen LogP contribution < -0.4 is 5.32 Å². The molecule has 1 aromatic carbocycles. The lowest BCUT2D eigenvalue weighted by molar-refractivity contribution is -0.136. The fourth-order valence-corrected chi connectivity index (χ4v) is 4.63. The van der Waals surface area contributed by atoms with E-state index in [1.54, 1.807) is 28.0 Å². The van der Waals surface area contributed by atoms with Gasteiger partial charge in [-0.25, -0.2) is 4.79 Å². The van der Waals surface area contributed by atoms with E-state index in [-0.39, 0.29) is 30.4 Å². The van der Waals surface area contributed by atoms with Crippen LogP contribution in [-0.4, -0.2) is 59.0 Å². The van der Waals surface area contributed by atoms with Crippen LogP contribution in [0, 0.1) is 12.8 Å². The normalized spacial score (nSPS) is 19.0. The Balaban J connectivity index is 1.73. The van der Waals surface area contributed by atoms with E-state index in [9.17, 15) is 14.4 Å². The molecule has 1 spiro atoms. The lowest BCUT2D eigenvalue weighted by Crippen LogP contribution is -2.58. The number of piperidine rings is 1. The first-order valence-electron chi connectivity index (χ1n) is 11.8. The summed E-state index contributed by atoms with van der Waals surface area (Å²) < 4.78 is 5.44. The van der Waals surface area contributed by atoms with Crippen molar-refractivity contribution in [2.75, 3.05) is 19.7 Å². The molecule has 3 rings (SSSR count). The fourth-order valence-electron chi connectivity index (χ4n) is 4.63. The molecule has 1 aromatic rings. The van der Waals surface area contributed by atoms with Gasteiger partial charge in [-0.05, 0) is 56.9 Å². The second-order valence-electron chi connectivity index (χ2n) is 9.33. The quantitative estimate of drug-likeness (QED) is 0.612. The van der Waals surface area contributed by atoms with Crippen LogP contribution in [0.4, 0.5) is 4.79 Å². The minimum absolute atomic E-state index is 0.0677. The molecule has 1 atom stereocenters. The molecule has 7 heteroatoms. The van der Waals surface area contributed by atoms with Crippen molar-refractivity contribution in [3.63, 3.8) is 0 Å². The standard InChI is InChI=1S/C27H35N3O4/c1-6-9-22(10-7-2)30-26(33)34-18-27(30)13-15-29(16-14-27)25(32)23(19(3)4)28-24(31)21-12-8-11-20(5)17-21/h6-12,17,19,23H,1,13-16,18H2,2-5H3,(H,28,31)/b10-7-,22-9+/t23-/m1/s1. The molecule has 0 aromatic heterocycles. The van der Waals surface area contributed by atoms with Gasteiger partial charge in [0.2, 0.25) is 5.91 Å². The van der Waals surface area contributed by atoms with Crippen LogP contribution in [0.15, 0.2) is 60.8 Å². The predicted molar refractivity (Wildman–Crippen MR) is 132 cm³/mol. The van der Waals surface area contributed by atoms with E-state index in [0.29, 0.717) is 31.5 Å². The van der Waals surface area contributed by atoms with Crippen LogP contribution in [0.2, 0.25) is 0 Å². The van der Waals surface area contributed by atoms with Gasteiger partial charge in [0.15, 0.2) is 0 Å². The summed E-state index contributed by atoms with van der Waals surface area (Å²) >= 11 is 0. The molecule has 34 heavy (non-hydrogen) atoms. The van der Waals surface area contributed by atoms with Crippen LogP contribution >= 0.6 is 0 Å². The number of ether oxygens (including phenoxy) is 1. The Morgan fingerprint density at radius 1 is 1.24 bits per heavy atom. The van der Waals surface area contributed by atoms with Crippen molar-refractivity contribution in [1.82, 2.24) is 15.1 Å². The molecule has 1 N–H and O–H groups in total. The topological polar surface area (TPSA) is 79.0 Å². The number of hydrogen-bond donors (Lipinski definition) is 1. The SMILES string of the molecule is C=C/C=C(\C=C/C)N1C(=O)OCC12CCN(C(=O)[C@H](NC(=O)c1cccc(C)c1)C(C)C)CC2. The van der Waals surface area contributed by atoms with Gasteiger partial charge in [-0.3, -0.25) is 14.5 Å². The van der Waals surface area contributed by atoms with Crippen LogP contribution in [0.3, 0.4) is 0 Å². The summed E-state index contributed by atoms with van der Waals surface area (Å²) in [6.07, 6.45) is 7.98. The maximum absolute atomic E-state index is 13.4. The van der Waals surface area contributed by atoms with E-state index in [0.717, 1.165) is 11.3 Å². The number of cyclic esters (lactones) is 1. The number of rotatable bonds is 7. The number of nitrogens with one attached hydrogen (secondary N) is 1. The molecule has 0 saturated carbocycles. The van der Waals surface area contributed by atoms with Crippen LogP contribution in [0.25, 0.3) is 0 Å². The lowest BCUT2D eigenvalue weighted by Gasteiger charge is -2.43. The van der Waals surface area contributed by atoms with Gasteiger partial charge < -0.3 is 15.0 Å². The number of hydrogen-bond acceptors (Lipinski definition) is 4. The number of nitrogens with zero attached hydrogens (tertiary/aromatic N) is 2. The van der Waals surface area contributed by atoms with Crippen molar-refractivity contribution in [3.8, 4) is 0 Å². The molecular formula is C27H35N3O4. The van der Waals surface area contributed by atoms with Gasteiger partial charge in [-0.2, -0.15) is 0 Å². The van der Waals surface area contributed by atoms with Crippen LogP contribution in [-0.2, 0) is 9.53 Å². The molecule has 0 aliphatic carbocycles. The molecule has 0 radical (unpaired) electrons. The van der Waals surface area contributed by atoms with Crippen molar-refractivity contribution in [2.45, 2.75) is 52.1 Å². The summed E-state index contributed by atoms with van der Waals surface area (Å²) in [5.74, 6) is -0.421. The molecule has 2 heterocycles. The zero-order chi connectivity index (χ0) is 24.9. The average Bonchev–Trinajstić information content (AvgIpc) is 3.12. The molecule has 2 saturated heterocycles. The Morgan fingerprint density at radius 3 is 2.53 bits per heavy atom. The van der Waals surface area contributed by atoms with Gasteiger partial charge in [0.1, 0.15) is 12.6 Å². The third-order valence-electron chi connectivity index (χ3n) is 6.51. The minimum Gasteiger partial charge on any atom is -0.447 e. The molecule has 7 nitrogen and oxygen atoms in total. The Morgan fingerprint density at radius 2 is 1.94 bits per heavy atom. The molecule has 2 aliphatic rings. The van der Waals surface area contributed by atoms with E-state index >= 15 is 0 Å². The summed E-state index contributed by atoms with van der Waals surface area (Å²) in [6.45, 7) is 12.7. The highest BCUT2D eigenvalue weighted by atomic mass is 16.6. The summed E-state index contributed by atoms with van der Waals surface area (Å²) in [6, 6.07) is 6.70. The molecule has 0 unspecified atom stereocenters. The highest BCUT2D eigenvalue weighted by Crippen LogP contribution is 2.38. The number of carbonyl (C=O) groups excluding carboxylic acids is 3. The smallest absolute Gasteiger partial charge is 0.415 e.